The van der Waals surface area contributed by atoms with Crippen LogP contribution in [0.4, 0.5) is 0 Å². The Morgan fingerprint density at radius 2 is 1.65 bits per heavy atom. The van der Waals surface area contributed by atoms with Crippen molar-refractivity contribution in [2.75, 3.05) is 6.54 Å². The number of nitriles is 1. The highest BCUT2D eigenvalue weighted by Gasteiger charge is 2.26. The largest absolute Gasteiger partial charge is 0.355 e. The van der Waals surface area contributed by atoms with Crippen molar-refractivity contribution in [2.45, 2.75) is 65.7 Å². The Morgan fingerprint density at radius 3 is 2.18 bits per heavy atom. The maximum absolute atomic E-state index is 11.5. The van der Waals surface area contributed by atoms with Crippen LogP contribution in [-0.4, -0.2) is 12.5 Å². The normalized spacial score (nSPS) is 10.9. The van der Waals surface area contributed by atoms with E-state index in [2.05, 4.69) is 12.2 Å². The molecule has 1 N–H and O–H groups in total. The molecule has 0 aliphatic carbocycles. The van der Waals surface area contributed by atoms with Gasteiger partial charge < -0.3 is 5.32 Å². The first-order valence-electron chi connectivity index (χ1n) is 6.74. The van der Waals surface area contributed by atoms with Crippen molar-refractivity contribution in [1.82, 2.24) is 5.32 Å². The highest BCUT2D eigenvalue weighted by atomic mass is 16.2. The smallest absolute Gasteiger partial charge is 0.239 e. The van der Waals surface area contributed by atoms with Crippen molar-refractivity contribution in [3.8, 4) is 6.07 Å². The molecular formula is C14H26N2O. The third-order valence-corrected chi connectivity index (χ3v) is 2.91. The molecule has 0 heterocycles. The first kappa shape index (κ1) is 16.0. The maximum Gasteiger partial charge on any atom is 0.239 e. The van der Waals surface area contributed by atoms with Crippen molar-refractivity contribution in [3.05, 3.63) is 0 Å². The molecule has 0 rings (SSSR count). The number of nitrogens with zero attached hydrogens (tertiary/aromatic N) is 1. The summed E-state index contributed by atoms with van der Waals surface area (Å²) in [7, 11) is 0. The Kier molecular flexibility index (Phi) is 8.49. The highest BCUT2D eigenvalue weighted by Crippen LogP contribution is 2.12. The number of hydrogen-bond donors (Lipinski definition) is 1. The number of amides is 1. The Labute approximate surface area is 106 Å². The molecule has 0 saturated carbocycles. The number of rotatable bonds is 9. The molecule has 1 amide bonds. The molecule has 3 heteroatoms. The van der Waals surface area contributed by atoms with E-state index in [1.807, 2.05) is 6.07 Å². The van der Waals surface area contributed by atoms with Gasteiger partial charge in [0.25, 0.3) is 0 Å². The number of carbonyl (C=O) groups is 1. The molecule has 0 fully saturated rings. The summed E-state index contributed by atoms with van der Waals surface area (Å²) in [6, 6.07) is 2.00. The van der Waals surface area contributed by atoms with Gasteiger partial charge in [0.1, 0.15) is 5.41 Å². The molecule has 98 valence electrons. The first-order chi connectivity index (χ1) is 8.04. The van der Waals surface area contributed by atoms with Crippen molar-refractivity contribution < 1.29 is 4.79 Å². The fraction of sp³-hybridized carbons (Fsp3) is 0.857. The Hall–Kier alpha value is -1.04. The number of hydrogen-bond acceptors (Lipinski definition) is 2. The van der Waals surface area contributed by atoms with Crippen molar-refractivity contribution in [2.24, 2.45) is 5.41 Å². The number of nitrogens with one attached hydrogen (secondary N) is 1. The summed E-state index contributed by atoms with van der Waals surface area (Å²) in [5, 5.41) is 11.6. The zero-order chi connectivity index (χ0) is 13.1. The Morgan fingerprint density at radius 1 is 1.12 bits per heavy atom. The van der Waals surface area contributed by atoms with E-state index in [-0.39, 0.29) is 5.91 Å². The maximum atomic E-state index is 11.5. The van der Waals surface area contributed by atoms with Crippen molar-refractivity contribution in [1.29, 1.82) is 5.26 Å². The zero-order valence-corrected chi connectivity index (χ0v) is 11.5. The molecule has 0 radical (unpaired) electrons. The molecule has 0 aromatic rings. The molecule has 0 saturated heterocycles. The molecule has 0 unspecified atom stereocenters. The fourth-order valence-electron chi connectivity index (χ4n) is 1.56. The van der Waals surface area contributed by atoms with Gasteiger partial charge in [-0.1, -0.05) is 45.4 Å². The Balaban J connectivity index is 3.41. The lowest BCUT2D eigenvalue weighted by Gasteiger charge is -2.14. The summed E-state index contributed by atoms with van der Waals surface area (Å²) in [6.45, 7) is 6.20. The summed E-state index contributed by atoms with van der Waals surface area (Å²) in [4.78, 5) is 11.5. The molecule has 0 aliphatic rings. The third-order valence-electron chi connectivity index (χ3n) is 2.91. The second-order valence-electron chi connectivity index (χ2n) is 5.11. The van der Waals surface area contributed by atoms with Gasteiger partial charge in [-0.3, -0.25) is 4.79 Å². The highest BCUT2D eigenvalue weighted by molar-refractivity contribution is 5.84. The van der Waals surface area contributed by atoms with E-state index in [9.17, 15) is 4.79 Å². The average molecular weight is 238 g/mol. The average Bonchev–Trinajstić information content (AvgIpc) is 2.32. The minimum Gasteiger partial charge on any atom is -0.355 e. The van der Waals surface area contributed by atoms with E-state index in [1.54, 1.807) is 13.8 Å². The van der Waals surface area contributed by atoms with Gasteiger partial charge in [-0.15, -0.1) is 0 Å². The minimum absolute atomic E-state index is 0.161. The van der Waals surface area contributed by atoms with E-state index in [1.165, 1.54) is 32.1 Å². The summed E-state index contributed by atoms with van der Waals surface area (Å²) < 4.78 is 0. The van der Waals surface area contributed by atoms with Gasteiger partial charge in [-0.05, 0) is 20.3 Å². The van der Waals surface area contributed by atoms with Crippen LogP contribution in [0.2, 0.25) is 0 Å². The van der Waals surface area contributed by atoms with Gasteiger partial charge in [-0.25, -0.2) is 0 Å². The van der Waals surface area contributed by atoms with Gasteiger partial charge in [0.15, 0.2) is 0 Å². The Bertz CT molecular complexity index is 253. The molecule has 0 bridgehead atoms. The van der Waals surface area contributed by atoms with E-state index in [0.29, 0.717) is 6.54 Å². The van der Waals surface area contributed by atoms with Gasteiger partial charge >= 0.3 is 0 Å². The van der Waals surface area contributed by atoms with Gasteiger partial charge in [0, 0.05) is 6.54 Å². The number of unbranched alkanes of at least 4 members (excludes halogenated alkanes) is 6. The lowest BCUT2D eigenvalue weighted by atomic mass is 9.95. The fourth-order valence-corrected chi connectivity index (χ4v) is 1.56. The minimum atomic E-state index is -0.902. The van der Waals surface area contributed by atoms with Crippen LogP contribution in [-0.2, 0) is 4.79 Å². The monoisotopic (exact) mass is 238 g/mol. The van der Waals surface area contributed by atoms with Crippen LogP contribution in [0.1, 0.15) is 65.7 Å². The SMILES string of the molecule is CCCCCCCCCNC(=O)C(C)(C)C#N. The quantitative estimate of drug-likeness (QED) is 0.626. The second kappa shape index (κ2) is 9.04. The molecule has 0 aromatic heterocycles. The van der Waals surface area contributed by atoms with Crippen LogP contribution in [0, 0.1) is 16.7 Å². The van der Waals surface area contributed by atoms with Gasteiger partial charge in [0.05, 0.1) is 6.07 Å². The summed E-state index contributed by atoms with van der Waals surface area (Å²) in [5.74, 6) is -0.161. The molecule has 0 aliphatic heterocycles. The summed E-state index contributed by atoms with van der Waals surface area (Å²) >= 11 is 0. The van der Waals surface area contributed by atoms with E-state index in [4.69, 9.17) is 5.26 Å². The second-order valence-corrected chi connectivity index (χ2v) is 5.11. The van der Waals surface area contributed by atoms with Crippen LogP contribution in [0.15, 0.2) is 0 Å². The standard InChI is InChI=1S/C14H26N2O/c1-4-5-6-7-8-9-10-11-16-13(17)14(2,3)12-15/h4-11H2,1-3H3,(H,16,17). The van der Waals surface area contributed by atoms with E-state index >= 15 is 0 Å². The van der Waals surface area contributed by atoms with E-state index < -0.39 is 5.41 Å². The molecule has 0 aromatic carbocycles. The van der Waals surface area contributed by atoms with Crippen LogP contribution in [0.3, 0.4) is 0 Å². The third kappa shape index (κ3) is 7.79. The molecule has 17 heavy (non-hydrogen) atoms. The van der Waals surface area contributed by atoms with Crippen LogP contribution < -0.4 is 5.32 Å². The lowest BCUT2D eigenvalue weighted by Crippen LogP contribution is -2.36. The molecular weight excluding hydrogens is 212 g/mol. The zero-order valence-electron chi connectivity index (χ0n) is 11.5. The van der Waals surface area contributed by atoms with Gasteiger partial charge in [-0.2, -0.15) is 5.26 Å². The van der Waals surface area contributed by atoms with E-state index in [0.717, 1.165) is 12.8 Å². The summed E-state index contributed by atoms with van der Waals surface area (Å²) in [5.41, 5.74) is -0.902. The number of carbonyl (C=O) groups excluding carboxylic acids is 1. The topological polar surface area (TPSA) is 52.9 Å². The van der Waals surface area contributed by atoms with Crippen LogP contribution in [0.25, 0.3) is 0 Å². The first-order valence-corrected chi connectivity index (χ1v) is 6.74. The van der Waals surface area contributed by atoms with Crippen molar-refractivity contribution in [3.63, 3.8) is 0 Å². The van der Waals surface area contributed by atoms with Crippen LogP contribution in [0.5, 0.6) is 0 Å². The molecule has 3 nitrogen and oxygen atoms in total. The molecule has 0 spiro atoms. The summed E-state index contributed by atoms with van der Waals surface area (Å²) in [6.07, 6.45) is 8.65. The molecule has 0 atom stereocenters. The predicted molar refractivity (Wildman–Crippen MR) is 70.4 cm³/mol. The van der Waals surface area contributed by atoms with Crippen molar-refractivity contribution >= 4 is 5.91 Å². The predicted octanol–water partition coefficient (Wildman–Crippen LogP) is 3.40. The van der Waals surface area contributed by atoms with Crippen LogP contribution >= 0.6 is 0 Å². The lowest BCUT2D eigenvalue weighted by molar-refractivity contribution is -0.126. The van der Waals surface area contributed by atoms with Gasteiger partial charge in [0.2, 0.25) is 5.91 Å².